The molecule has 6 nitrogen and oxygen atoms in total. The van der Waals surface area contributed by atoms with Gasteiger partial charge in [0.2, 0.25) is 5.91 Å². The van der Waals surface area contributed by atoms with Crippen molar-refractivity contribution in [2.75, 3.05) is 20.2 Å². The molecule has 8 unspecified atom stereocenters. The first kappa shape index (κ1) is 29.6. The van der Waals surface area contributed by atoms with Crippen molar-refractivity contribution in [3.8, 4) is 0 Å². The molecule has 3 saturated carbocycles. The highest BCUT2D eigenvalue weighted by atomic mass is 16.5. The van der Waals surface area contributed by atoms with Crippen molar-refractivity contribution in [1.82, 2.24) is 16.0 Å². The Bertz CT molecular complexity index is 900. The Kier molecular flexibility index (Phi) is 9.34. The van der Waals surface area contributed by atoms with Gasteiger partial charge in [0, 0.05) is 44.2 Å². The third-order valence-electron chi connectivity index (χ3n) is 11.4. The maximum absolute atomic E-state index is 12.4. The second-order valence-corrected chi connectivity index (χ2v) is 14.0. The van der Waals surface area contributed by atoms with Gasteiger partial charge < -0.3 is 20.7 Å². The zero-order chi connectivity index (χ0) is 27.7. The molecule has 0 aromatic heterocycles. The Morgan fingerprint density at radius 1 is 1.00 bits per heavy atom. The third kappa shape index (κ3) is 5.87. The molecule has 6 heteroatoms. The zero-order valence-corrected chi connectivity index (χ0v) is 25.3. The fourth-order valence-electron chi connectivity index (χ4n) is 9.39. The molecule has 0 heterocycles. The van der Waals surface area contributed by atoms with Gasteiger partial charge in [-0.15, -0.1) is 0 Å². The van der Waals surface area contributed by atoms with Crippen LogP contribution < -0.4 is 16.0 Å². The van der Waals surface area contributed by atoms with E-state index in [1.807, 2.05) is 0 Å². The summed E-state index contributed by atoms with van der Waals surface area (Å²) < 4.78 is 4.93. The summed E-state index contributed by atoms with van der Waals surface area (Å²) in [5, 5.41) is 10.7. The minimum absolute atomic E-state index is 0.0772. The summed E-state index contributed by atoms with van der Waals surface area (Å²) in [6.45, 7) is 15.6. The van der Waals surface area contributed by atoms with E-state index in [0.29, 0.717) is 53.5 Å². The molecule has 4 rings (SSSR count). The van der Waals surface area contributed by atoms with Gasteiger partial charge in [0.25, 0.3) is 0 Å². The van der Waals surface area contributed by atoms with E-state index in [0.717, 1.165) is 25.9 Å². The minimum Gasteiger partial charge on any atom is -0.469 e. The molecule has 0 spiro atoms. The summed E-state index contributed by atoms with van der Waals surface area (Å²) in [5.74, 6) is 2.84. The minimum atomic E-state index is -0.0940. The lowest BCUT2D eigenvalue weighted by atomic mass is 9.47. The maximum atomic E-state index is 12.4. The van der Waals surface area contributed by atoms with E-state index >= 15 is 0 Å². The summed E-state index contributed by atoms with van der Waals surface area (Å²) in [4.78, 5) is 24.3. The number of esters is 1. The molecule has 4 aliphatic rings. The van der Waals surface area contributed by atoms with Crippen LogP contribution in [0.1, 0.15) is 106 Å². The van der Waals surface area contributed by atoms with E-state index < -0.39 is 0 Å². The van der Waals surface area contributed by atoms with Crippen molar-refractivity contribution in [1.29, 1.82) is 0 Å². The number of nitrogens with one attached hydrogen (secondary N) is 3. The number of fused-ring (bicyclic) bond motifs is 5. The van der Waals surface area contributed by atoms with E-state index in [1.54, 1.807) is 12.5 Å². The van der Waals surface area contributed by atoms with Crippen molar-refractivity contribution >= 4 is 11.9 Å². The van der Waals surface area contributed by atoms with E-state index in [4.69, 9.17) is 4.74 Å². The highest BCUT2D eigenvalue weighted by molar-refractivity contribution is 5.75. The van der Waals surface area contributed by atoms with Gasteiger partial charge in [-0.05, 0) is 104 Å². The van der Waals surface area contributed by atoms with E-state index in [1.165, 1.54) is 57.8 Å². The fourth-order valence-corrected chi connectivity index (χ4v) is 9.39. The highest BCUT2D eigenvalue weighted by Crippen LogP contribution is 2.67. The number of methoxy groups -OCH3 is 1. The molecule has 4 aliphatic carbocycles. The van der Waals surface area contributed by atoms with Crippen molar-refractivity contribution in [3.63, 3.8) is 0 Å². The average molecular weight is 530 g/mol. The molecular formula is C32H55N3O3. The average Bonchev–Trinajstić information content (AvgIpc) is 3.22. The van der Waals surface area contributed by atoms with Gasteiger partial charge in [-0.3, -0.25) is 9.59 Å². The van der Waals surface area contributed by atoms with Gasteiger partial charge in [-0.1, -0.05) is 34.6 Å². The molecule has 38 heavy (non-hydrogen) atoms. The molecule has 0 bridgehead atoms. The number of ether oxygens (including phenoxy) is 1. The second-order valence-electron chi connectivity index (χ2n) is 14.0. The standard InChI is InChI=1S/C32H55N3O3/c1-20(2)33-16-17-34-24-12-14-31(5)23(18-24)19-28(35-22(4)36)30-26-10-9-25(21(3)8-11-29(37)38-7)32(26,6)15-13-27(30)31/h20-21,23-27,33-34H,8-19H2,1-7H3,(H,35,36). The molecule has 3 N–H and O–H groups in total. The molecule has 0 saturated heterocycles. The maximum Gasteiger partial charge on any atom is 0.305 e. The van der Waals surface area contributed by atoms with Gasteiger partial charge in [-0.25, -0.2) is 0 Å². The van der Waals surface area contributed by atoms with Crippen LogP contribution in [0.15, 0.2) is 11.3 Å². The lowest BCUT2D eigenvalue weighted by molar-refractivity contribution is -0.141. The van der Waals surface area contributed by atoms with Crippen LogP contribution in [0.25, 0.3) is 0 Å². The molecular weight excluding hydrogens is 474 g/mol. The number of rotatable bonds is 10. The molecule has 0 radical (unpaired) electrons. The van der Waals surface area contributed by atoms with Gasteiger partial charge >= 0.3 is 5.97 Å². The van der Waals surface area contributed by atoms with Crippen LogP contribution in [0.5, 0.6) is 0 Å². The van der Waals surface area contributed by atoms with E-state index in [9.17, 15) is 9.59 Å². The van der Waals surface area contributed by atoms with Gasteiger partial charge in [-0.2, -0.15) is 0 Å². The largest absolute Gasteiger partial charge is 0.469 e. The predicted octanol–water partition coefficient (Wildman–Crippen LogP) is 5.57. The van der Waals surface area contributed by atoms with Crippen LogP contribution in [0.2, 0.25) is 0 Å². The fraction of sp³-hybridized carbons (Fsp3) is 0.875. The highest BCUT2D eigenvalue weighted by Gasteiger charge is 2.59. The molecule has 0 aliphatic heterocycles. The summed E-state index contributed by atoms with van der Waals surface area (Å²) in [6.07, 6.45) is 11.1. The SMILES string of the molecule is COC(=O)CCC(C)C1CCC2C3=C(NC(C)=O)CC4CC(NCCNC(C)C)CCC4(C)C3CCC21C. The Morgan fingerprint density at radius 3 is 2.39 bits per heavy atom. The number of carbonyl (C=O) groups excluding carboxylic acids is 2. The Balaban J connectivity index is 1.54. The van der Waals surface area contributed by atoms with Crippen LogP contribution in [0, 0.1) is 40.4 Å². The van der Waals surface area contributed by atoms with E-state index in [-0.39, 0.29) is 17.3 Å². The molecule has 8 atom stereocenters. The smallest absolute Gasteiger partial charge is 0.305 e. The summed E-state index contributed by atoms with van der Waals surface area (Å²) in [7, 11) is 1.49. The van der Waals surface area contributed by atoms with Crippen LogP contribution in [0.4, 0.5) is 0 Å². The number of amides is 1. The lowest BCUT2D eigenvalue weighted by Crippen LogP contribution is -2.54. The monoisotopic (exact) mass is 529 g/mol. The first-order chi connectivity index (χ1) is 18.0. The first-order valence-electron chi connectivity index (χ1n) is 15.5. The number of allylic oxidation sites excluding steroid dienone is 2. The van der Waals surface area contributed by atoms with Crippen molar-refractivity contribution in [2.24, 2.45) is 40.4 Å². The normalized spacial score (nSPS) is 37.3. The first-order valence-corrected chi connectivity index (χ1v) is 15.5. The lowest BCUT2D eigenvalue weighted by Gasteiger charge is -2.59. The van der Waals surface area contributed by atoms with E-state index in [2.05, 4.69) is 50.6 Å². The van der Waals surface area contributed by atoms with Gasteiger partial charge in [0.15, 0.2) is 0 Å². The molecule has 0 aromatic carbocycles. The summed E-state index contributed by atoms with van der Waals surface area (Å²) >= 11 is 0. The molecule has 216 valence electrons. The van der Waals surface area contributed by atoms with Crippen LogP contribution >= 0.6 is 0 Å². The Labute approximate surface area is 231 Å². The predicted molar refractivity (Wildman–Crippen MR) is 153 cm³/mol. The van der Waals surface area contributed by atoms with Crippen LogP contribution in [-0.2, 0) is 14.3 Å². The second kappa shape index (κ2) is 12.0. The van der Waals surface area contributed by atoms with Crippen molar-refractivity contribution in [3.05, 3.63) is 11.3 Å². The number of hydrogen-bond acceptors (Lipinski definition) is 5. The number of carbonyl (C=O) groups is 2. The number of hydrogen-bond donors (Lipinski definition) is 3. The topological polar surface area (TPSA) is 79.5 Å². The van der Waals surface area contributed by atoms with Gasteiger partial charge in [0.05, 0.1) is 7.11 Å². The molecule has 1 amide bonds. The molecule has 0 aromatic rings. The van der Waals surface area contributed by atoms with Crippen molar-refractivity contribution < 1.29 is 14.3 Å². The van der Waals surface area contributed by atoms with Crippen LogP contribution in [0.3, 0.4) is 0 Å². The summed E-state index contributed by atoms with van der Waals surface area (Å²) in [6, 6.07) is 1.10. The quantitative estimate of drug-likeness (QED) is 0.255. The van der Waals surface area contributed by atoms with Gasteiger partial charge in [0.1, 0.15) is 0 Å². The third-order valence-corrected chi connectivity index (χ3v) is 11.4. The molecule has 3 fully saturated rings. The summed E-state index contributed by atoms with van der Waals surface area (Å²) in [5.41, 5.74) is 3.45. The zero-order valence-electron chi connectivity index (χ0n) is 25.3. The Hall–Kier alpha value is -1.40. The Morgan fingerprint density at radius 2 is 1.71 bits per heavy atom. The van der Waals surface area contributed by atoms with Crippen LogP contribution in [-0.4, -0.2) is 44.2 Å². The van der Waals surface area contributed by atoms with Crippen molar-refractivity contribution in [2.45, 2.75) is 118 Å².